The molecule has 0 spiro atoms. The molecule has 1 N–H and O–H groups in total. The third-order valence-electron chi connectivity index (χ3n) is 3.03. The second-order valence-electron chi connectivity index (χ2n) is 4.20. The van der Waals surface area contributed by atoms with Crippen LogP contribution in [0.3, 0.4) is 0 Å². The molecule has 3 heterocycles. The van der Waals surface area contributed by atoms with Gasteiger partial charge < -0.3 is 9.72 Å². The number of hydrogen-bond acceptors (Lipinski definition) is 4. The highest BCUT2D eigenvalue weighted by atomic mass is 32.2. The Bertz CT molecular complexity index is 519. The standard InChI is InChI=1S/C12H15N3OS/c1-16-10-6-5-8-11(14-10)15-12(13-8)9-4-2-3-7-17-9/h5-6,9H,2-4,7H2,1H3,(H,13,14,15). The molecule has 0 aromatic carbocycles. The van der Waals surface area contributed by atoms with Gasteiger partial charge >= 0.3 is 0 Å². The summed E-state index contributed by atoms with van der Waals surface area (Å²) in [7, 11) is 1.62. The number of pyridine rings is 1. The Morgan fingerprint density at radius 2 is 2.29 bits per heavy atom. The van der Waals surface area contributed by atoms with Gasteiger partial charge in [-0.05, 0) is 24.7 Å². The maximum absolute atomic E-state index is 5.11. The second kappa shape index (κ2) is 4.56. The number of ether oxygens (including phenoxy) is 1. The average Bonchev–Trinajstić information content (AvgIpc) is 2.82. The maximum Gasteiger partial charge on any atom is 0.215 e. The molecule has 0 radical (unpaired) electrons. The molecule has 90 valence electrons. The number of imidazole rings is 1. The first kappa shape index (κ1) is 10.9. The Morgan fingerprint density at radius 3 is 3.06 bits per heavy atom. The van der Waals surface area contributed by atoms with E-state index in [9.17, 15) is 0 Å². The summed E-state index contributed by atoms with van der Waals surface area (Å²) in [6.07, 6.45) is 3.83. The summed E-state index contributed by atoms with van der Waals surface area (Å²) in [6, 6.07) is 3.84. The second-order valence-corrected chi connectivity index (χ2v) is 5.51. The predicted octanol–water partition coefficient (Wildman–Crippen LogP) is 2.92. The normalized spacial score (nSPS) is 20.6. The van der Waals surface area contributed by atoms with Crippen LogP contribution in [-0.2, 0) is 0 Å². The van der Waals surface area contributed by atoms with E-state index in [1.54, 1.807) is 7.11 Å². The van der Waals surface area contributed by atoms with Crippen LogP contribution in [0.2, 0.25) is 0 Å². The summed E-state index contributed by atoms with van der Waals surface area (Å²) in [5, 5.41) is 0.504. The van der Waals surface area contributed by atoms with E-state index in [1.807, 2.05) is 23.9 Å². The summed E-state index contributed by atoms with van der Waals surface area (Å²) < 4.78 is 5.11. The lowest BCUT2D eigenvalue weighted by molar-refractivity contribution is 0.399. The molecule has 2 aromatic heterocycles. The lowest BCUT2D eigenvalue weighted by Gasteiger charge is -2.18. The van der Waals surface area contributed by atoms with Crippen molar-refractivity contribution in [2.75, 3.05) is 12.9 Å². The molecule has 2 aromatic rings. The number of aromatic amines is 1. The zero-order valence-corrected chi connectivity index (χ0v) is 10.6. The number of H-pyrrole nitrogens is 1. The van der Waals surface area contributed by atoms with Crippen molar-refractivity contribution < 1.29 is 4.74 Å². The summed E-state index contributed by atoms with van der Waals surface area (Å²) in [6.45, 7) is 0. The number of nitrogens with one attached hydrogen (secondary N) is 1. The van der Waals surface area contributed by atoms with Crippen LogP contribution in [0.5, 0.6) is 5.88 Å². The van der Waals surface area contributed by atoms with E-state index in [-0.39, 0.29) is 0 Å². The Kier molecular flexibility index (Phi) is 2.93. The molecule has 0 saturated carbocycles. The predicted molar refractivity (Wildman–Crippen MR) is 69.5 cm³/mol. The zero-order valence-electron chi connectivity index (χ0n) is 9.77. The van der Waals surface area contributed by atoms with Crippen LogP contribution < -0.4 is 4.74 Å². The van der Waals surface area contributed by atoms with Gasteiger partial charge in [0.25, 0.3) is 0 Å². The maximum atomic E-state index is 5.11. The monoisotopic (exact) mass is 249 g/mol. The number of thioether (sulfide) groups is 1. The summed E-state index contributed by atoms with van der Waals surface area (Å²) in [5.41, 5.74) is 1.75. The Balaban J connectivity index is 1.95. The third-order valence-corrected chi connectivity index (χ3v) is 4.42. The van der Waals surface area contributed by atoms with Crippen molar-refractivity contribution in [3.8, 4) is 5.88 Å². The summed E-state index contributed by atoms with van der Waals surface area (Å²) >= 11 is 1.99. The molecule has 1 aliphatic rings. The van der Waals surface area contributed by atoms with Crippen molar-refractivity contribution in [3.05, 3.63) is 18.0 Å². The van der Waals surface area contributed by atoms with Gasteiger partial charge in [-0.15, -0.1) is 0 Å². The molecule has 1 atom stereocenters. The van der Waals surface area contributed by atoms with Gasteiger partial charge in [-0.25, -0.2) is 4.98 Å². The highest BCUT2D eigenvalue weighted by molar-refractivity contribution is 7.99. The van der Waals surface area contributed by atoms with Crippen molar-refractivity contribution >= 4 is 22.9 Å². The van der Waals surface area contributed by atoms with Gasteiger partial charge in [-0.1, -0.05) is 6.42 Å². The quantitative estimate of drug-likeness (QED) is 0.889. The first-order valence-electron chi connectivity index (χ1n) is 5.89. The van der Waals surface area contributed by atoms with Crippen molar-refractivity contribution in [1.82, 2.24) is 15.0 Å². The molecule has 1 aliphatic heterocycles. The third kappa shape index (κ3) is 2.11. The van der Waals surface area contributed by atoms with E-state index >= 15 is 0 Å². The largest absolute Gasteiger partial charge is 0.481 e. The Labute approximate surface area is 104 Å². The molecule has 0 bridgehead atoms. The van der Waals surface area contributed by atoms with Gasteiger partial charge in [0.05, 0.1) is 17.9 Å². The molecule has 1 saturated heterocycles. The van der Waals surface area contributed by atoms with Crippen LogP contribution in [0.4, 0.5) is 0 Å². The first-order chi connectivity index (χ1) is 8.36. The minimum atomic E-state index is 0.504. The number of aromatic nitrogens is 3. The number of fused-ring (bicyclic) bond motifs is 1. The van der Waals surface area contributed by atoms with Crippen molar-refractivity contribution in [3.63, 3.8) is 0 Å². The van der Waals surface area contributed by atoms with Crippen LogP contribution in [0.25, 0.3) is 11.2 Å². The molecule has 17 heavy (non-hydrogen) atoms. The van der Waals surface area contributed by atoms with Gasteiger partial charge in [0.2, 0.25) is 5.88 Å². The van der Waals surface area contributed by atoms with E-state index in [2.05, 4.69) is 15.0 Å². The molecule has 5 heteroatoms. The average molecular weight is 249 g/mol. The number of rotatable bonds is 2. The topological polar surface area (TPSA) is 50.8 Å². The summed E-state index contributed by atoms with van der Waals surface area (Å²) in [5.74, 6) is 2.91. The molecule has 1 unspecified atom stereocenters. The van der Waals surface area contributed by atoms with Crippen LogP contribution >= 0.6 is 11.8 Å². The van der Waals surface area contributed by atoms with Gasteiger partial charge in [-0.3, -0.25) is 0 Å². The number of hydrogen-bond donors (Lipinski definition) is 1. The fourth-order valence-corrected chi connectivity index (χ4v) is 3.37. The van der Waals surface area contributed by atoms with E-state index < -0.39 is 0 Å². The highest BCUT2D eigenvalue weighted by Crippen LogP contribution is 2.37. The highest BCUT2D eigenvalue weighted by Gasteiger charge is 2.19. The Morgan fingerprint density at radius 1 is 1.35 bits per heavy atom. The fourth-order valence-electron chi connectivity index (χ4n) is 2.12. The smallest absolute Gasteiger partial charge is 0.215 e. The minimum Gasteiger partial charge on any atom is -0.481 e. The SMILES string of the molecule is COc1ccc2[nH]c(C3CCCCS3)nc2n1. The minimum absolute atomic E-state index is 0.504. The molecule has 4 nitrogen and oxygen atoms in total. The first-order valence-corrected chi connectivity index (χ1v) is 6.94. The van der Waals surface area contributed by atoms with Crippen LogP contribution in [0.1, 0.15) is 30.3 Å². The van der Waals surface area contributed by atoms with Gasteiger partial charge in [-0.2, -0.15) is 16.7 Å². The molecule has 1 fully saturated rings. The van der Waals surface area contributed by atoms with Crippen LogP contribution in [-0.4, -0.2) is 27.8 Å². The molecular weight excluding hydrogens is 234 g/mol. The van der Waals surface area contributed by atoms with Gasteiger partial charge in [0.15, 0.2) is 5.65 Å². The molecule has 3 rings (SSSR count). The number of nitrogens with zero attached hydrogens (tertiary/aromatic N) is 2. The van der Waals surface area contributed by atoms with Crippen molar-refractivity contribution in [1.29, 1.82) is 0 Å². The molecule has 0 aliphatic carbocycles. The van der Waals surface area contributed by atoms with Crippen molar-refractivity contribution in [2.24, 2.45) is 0 Å². The Hall–Kier alpha value is -1.23. The number of methoxy groups -OCH3 is 1. The lowest BCUT2D eigenvalue weighted by atomic mass is 10.2. The van der Waals surface area contributed by atoms with E-state index in [0.29, 0.717) is 11.1 Å². The zero-order chi connectivity index (χ0) is 11.7. The van der Waals surface area contributed by atoms with E-state index in [1.165, 1.54) is 25.0 Å². The molecular formula is C12H15N3OS. The van der Waals surface area contributed by atoms with Crippen molar-refractivity contribution in [2.45, 2.75) is 24.5 Å². The van der Waals surface area contributed by atoms with Gasteiger partial charge in [0, 0.05) is 6.07 Å². The fraction of sp³-hybridized carbons (Fsp3) is 0.500. The lowest BCUT2D eigenvalue weighted by Crippen LogP contribution is -2.03. The summed E-state index contributed by atoms with van der Waals surface area (Å²) in [4.78, 5) is 12.3. The van der Waals surface area contributed by atoms with Gasteiger partial charge in [0.1, 0.15) is 5.82 Å². The van der Waals surface area contributed by atoms with Crippen LogP contribution in [0, 0.1) is 0 Å². The van der Waals surface area contributed by atoms with E-state index in [0.717, 1.165) is 17.0 Å². The molecule has 0 amide bonds. The van der Waals surface area contributed by atoms with E-state index in [4.69, 9.17) is 4.74 Å². The van der Waals surface area contributed by atoms with Crippen LogP contribution in [0.15, 0.2) is 12.1 Å².